The van der Waals surface area contributed by atoms with Gasteiger partial charge in [0.15, 0.2) is 5.13 Å². The molecule has 21 heteroatoms. The maximum Gasteiger partial charge on any atom is 0.418 e. The summed E-state index contributed by atoms with van der Waals surface area (Å²) in [4.78, 5) is 46.4. The molecular weight excluding hydrogens is 626 g/mol. The zero-order valence-electron chi connectivity index (χ0n) is 23.2. The van der Waals surface area contributed by atoms with Gasteiger partial charge in [0.2, 0.25) is 11.5 Å². The quantitative estimate of drug-likeness (QED) is 0.0425. The third-order valence-electron chi connectivity index (χ3n) is 6.49. The number of hydroxylamine groups is 2. The molecule has 2 amide bonds. The number of nitrogens with zero attached hydrogens (tertiary/aromatic N) is 4. The van der Waals surface area contributed by atoms with Gasteiger partial charge in [-0.1, -0.05) is 5.16 Å². The van der Waals surface area contributed by atoms with Crippen LogP contribution < -0.4 is 26.4 Å². The fraction of sp³-hybridized carbons (Fsp3) is 0.435. The van der Waals surface area contributed by atoms with Gasteiger partial charge in [0, 0.05) is 29.7 Å². The molecule has 44 heavy (non-hydrogen) atoms. The van der Waals surface area contributed by atoms with Gasteiger partial charge in [0.25, 0.3) is 17.9 Å². The summed E-state index contributed by atoms with van der Waals surface area (Å²) < 4.78 is 44.7. The fourth-order valence-electron chi connectivity index (χ4n) is 4.15. The zero-order valence-corrected chi connectivity index (χ0v) is 24.8. The number of hydrogen-bond donors (Lipinski definition) is 7. The van der Waals surface area contributed by atoms with Crippen molar-refractivity contribution in [3.8, 4) is 5.75 Å². The number of hydrogen-bond acceptors (Lipinski definition) is 15. The second-order valence-corrected chi connectivity index (χ2v) is 11.9. The molecule has 0 saturated carbocycles. The Balaban J connectivity index is 1.42. The molecule has 0 radical (unpaired) electrons. The predicted octanol–water partition coefficient (Wildman–Crippen LogP) is -1.51. The SMILES string of the molecule is CC1(C)[C@H](NC(=O)/C(=N\O[C@@H](COc2ccc(C(=N)N[C@H]3CCNC3)cc2)C(=O)O)c2nsc(N)n2)C(=O)N1OS(=O)(=O)O. The van der Waals surface area contributed by atoms with E-state index >= 15 is 0 Å². The lowest BCUT2D eigenvalue weighted by atomic mass is 9.84. The number of benzene rings is 1. The van der Waals surface area contributed by atoms with Crippen LogP contribution >= 0.6 is 11.5 Å². The monoisotopic (exact) mass is 655 g/mol. The number of anilines is 1. The van der Waals surface area contributed by atoms with Gasteiger partial charge in [-0.05, 0) is 51.1 Å². The van der Waals surface area contributed by atoms with Crippen LogP contribution in [-0.2, 0) is 33.9 Å². The van der Waals surface area contributed by atoms with Gasteiger partial charge in [-0.25, -0.2) is 4.79 Å². The van der Waals surface area contributed by atoms with Crippen LogP contribution in [0.2, 0.25) is 0 Å². The van der Waals surface area contributed by atoms with E-state index in [0.29, 0.717) is 22.2 Å². The number of aromatic nitrogens is 2. The Morgan fingerprint density at radius 1 is 1.32 bits per heavy atom. The number of amides is 2. The number of rotatable bonds is 13. The molecule has 4 rings (SSSR count). The molecule has 0 bridgehead atoms. The Morgan fingerprint density at radius 3 is 2.57 bits per heavy atom. The summed E-state index contributed by atoms with van der Waals surface area (Å²) in [6, 6.07) is 5.17. The Bertz CT molecular complexity index is 1560. The molecule has 238 valence electrons. The van der Waals surface area contributed by atoms with Crippen molar-refractivity contribution in [3.05, 3.63) is 35.7 Å². The summed E-state index contributed by atoms with van der Waals surface area (Å²) in [5.74, 6) is -3.43. The molecule has 1 aromatic heterocycles. The molecule has 0 aliphatic carbocycles. The number of carbonyl (C=O) groups excluding carboxylic acids is 2. The first-order valence-electron chi connectivity index (χ1n) is 12.8. The number of β-lactam (4-membered cyclic amide) rings is 1. The van der Waals surface area contributed by atoms with Crippen molar-refractivity contribution in [2.75, 3.05) is 25.4 Å². The first kappa shape index (κ1) is 32.5. The Labute approximate surface area is 254 Å². The Kier molecular flexibility index (Phi) is 9.63. The molecular formula is C23H29N9O10S2. The minimum atomic E-state index is -5.02. The van der Waals surface area contributed by atoms with Crippen molar-refractivity contribution in [2.45, 2.75) is 44.0 Å². The molecule has 3 heterocycles. The van der Waals surface area contributed by atoms with E-state index in [1.54, 1.807) is 24.3 Å². The van der Waals surface area contributed by atoms with Crippen molar-refractivity contribution < 1.29 is 46.3 Å². The minimum absolute atomic E-state index is 0.0574. The van der Waals surface area contributed by atoms with Crippen LogP contribution in [-0.4, -0.2) is 105 Å². The van der Waals surface area contributed by atoms with Gasteiger partial charge < -0.3 is 36.4 Å². The standard InChI is InChI=1S/C23H29N9O10S2/c1-23(2)16(20(34)32(23)42-44(37,38)39)28-19(33)15(18-29-22(25)43-31-18)30-41-14(21(35)36)10-40-13-5-3-11(4-6-13)17(24)27-12-7-8-26-9-12/h3-6,12,14,16,26H,7-10H2,1-2H3,(H2,24,27)(H,28,33)(H,35,36)(H2,25,29,31)(H,37,38,39)/b30-15-/t12-,14-,16+/m0/s1. The summed E-state index contributed by atoms with van der Waals surface area (Å²) >= 11 is 0.703. The fourth-order valence-corrected chi connectivity index (χ4v) is 5.04. The lowest BCUT2D eigenvalue weighted by Crippen LogP contribution is -2.76. The Morgan fingerprint density at radius 2 is 2.02 bits per heavy atom. The van der Waals surface area contributed by atoms with Crippen LogP contribution in [0.15, 0.2) is 29.4 Å². The second-order valence-electron chi connectivity index (χ2n) is 10.1. The van der Waals surface area contributed by atoms with Gasteiger partial charge in [0.1, 0.15) is 24.2 Å². The first-order valence-corrected chi connectivity index (χ1v) is 15.0. The average Bonchev–Trinajstić information content (AvgIpc) is 3.63. The van der Waals surface area contributed by atoms with E-state index < -0.39 is 58.2 Å². The summed E-state index contributed by atoms with van der Waals surface area (Å²) in [5.41, 5.74) is 4.12. The molecule has 2 fully saturated rings. The average molecular weight is 656 g/mol. The molecule has 8 N–H and O–H groups in total. The highest BCUT2D eigenvalue weighted by atomic mass is 32.3. The molecule has 0 spiro atoms. The molecule has 0 unspecified atom stereocenters. The maximum atomic E-state index is 13.1. The number of nitrogens with one attached hydrogen (secondary N) is 4. The van der Waals surface area contributed by atoms with Gasteiger partial charge in [0.05, 0.1) is 5.54 Å². The van der Waals surface area contributed by atoms with Gasteiger partial charge in [-0.3, -0.25) is 19.6 Å². The molecule has 2 aromatic rings. The first-order chi connectivity index (χ1) is 20.7. The van der Waals surface area contributed by atoms with Crippen molar-refractivity contribution in [3.63, 3.8) is 0 Å². The summed E-state index contributed by atoms with van der Waals surface area (Å²) in [6.45, 7) is 3.78. The lowest BCUT2D eigenvalue weighted by Gasteiger charge is -2.50. The second kappa shape index (κ2) is 13.1. The molecule has 2 aliphatic heterocycles. The smallest absolute Gasteiger partial charge is 0.418 e. The van der Waals surface area contributed by atoms with Gasteiger partial charge in [-0.15, -0.1) is 4.28 Å². The highest BCUT2D eigenvalue weighted by Gasteiger charge is 2.58. The number of nitrogens with two attached hydrogens (primary N) is 1. The van der Waals surface area contributed by atoms with Crippen LogP contribution in [0.25, 0.3) is 0 Å². The number of amidine groups is 1. The van der Waals surface area contributed by atoms with E-state index in [4.69, 9.17) is 25.3 Å². The van der Waals surface area contributed by atoms with Crippen molar-refractivity contribution in [2.24, 2.45) is 5.16 Å². The number of carbonyl (C=O) groups is 3. The van der Waals surface area contributed by atoms with Crippen molar-refractivity contribution >= 4 is 56.4 Å². The number of oxime groups is 1. The van der Waals surface area contributed by atoms with Crippen LogP contribution in [0.1, 0.15) is 31.7 Å². The largest absolute Gasteiger partial charge is 0.489 e. The van der Waals surface area contributed by atoms with E-state index in [9.17, 15) is 27.9 Å². The van der Waals surface area contributed by atoms with Crippen LogP contribution in [0.3, 0.4) is 0 Å². The van der Waals surface area contributed by atoms with E-state index in [0.717, 1.165) is 19.5 Å². The topological polar surface area (TPSA) is 281 Å². The molecule has 2 saturated heterocycles. The summed E-state index contributed by atoms with van der Waals surface area (Å²) in [7, 11) is -5.02. The summed E-state index contributed by atoms with van der Waals surface area (Å²) in [5, 5.41) is 30.4. The van der Waals surface area contributed by atoms with Crippen LogP contribution in [0.4, 0.5) is 5.13 Å². The molecule has 3 atom stereocenters. The highest BCUT2D eigenvalue weighted by Crippen LogP contribution is 2.32. The normalized spacial score (nSPS) is 20.4. The van der Waals surface area contributed by atoms with E-state index in [1.165, 1.54) is 13.8 Å². The number of nitrogen functional groups attached to an aromatic ring is 1. The van der Waals surface area contributed by atoms with Gasteiger partial charge >= 0.3 is 16.4 Å². The number of ether oxygens (including phenoxy) is 1. The number of aliphatic carboxylic acids is 1. The third kappa shape index (κ3) is 7.74. The van der Waals surface area contributed by atoms with Crippen molar-refractivity contribution in [1.29, 1.82) is 5.41 Å². The number of carboxylic acid groups (broad SMARTS) is 1. The Hall–Kier alpha value is -4.44. The lowest BCUT2D eigenvalue weighted by molar-refractivity contribution is -0.218. The van der Waals surface area contributed by atoms with Gasteiger partial charge in [-0.2, -0.15) is 22.8 Å². The van der Waals surface area contributed by atoms with E-state index in [1.807, 2.05) is 0 Å². The maximum absolute atomic E-state index is 13.1. The van der Waals surface area contributed by atoms with E-state index in [2.05, 4.69) is 34.7 Å². The number of carboxylic acids is 1. The third-order valence-corrected chi connectivity index (χ3v) is 7.37. The van der Waals surface area contributed by atoms with Crippen LogP contribution in [0.5, 0.6) is 5.75 Å². The molecule has 1 aromatic carbocycles. The molecule has 2 aliphatic rings. The minimum Gasteiger partial charge on any atom is -0.489 e. The van der Waals surface area contributed by atoms with E-state index in [-0.39, 0.29) is 28.6 Å². The zero-order chi connectivity index (χ0) is 32.2. The summed E-state index contributed by atoms with van der Waals surface area (Å²) in [6.07, 6.45) is -0.817. The predicted molar refractivity (Wildman–Crippen MR) is 152 cm³/mol. The highest BCUT2D eigenvalue weighted by molar-refractivity contribution is 7.80. The van der Waals surface area contributed by atoms with Crippen molar-refractivity contribution in [1.82, 2.24) is 30.4 Å². The van der Waals surface area contributed by atoms with Crippen LogP contribution in [0, 0.1) is 5.41 Å². The molecule has 19 nitrogen and oxygen atoms in total.